The Kier molecular flexibility index (Phi) is 3.23. The number of ether oxygens (including phenoxy) is 1. The molecule has 0 bridgehead atoms. The van der Waals surface area contributed by atoms with E-state index in [1.54, 1.807) is 18.5 Å². The third-order valence-corrected chi connectivity index (χ3v) is 3.21. The van der Waals surface area contributed by atoms with Gasteiger partial charge in [0.15, 0.2) is 11.6 Å². The summed E-state index contributed by atoms with van der Waals surface area (Å²) in [5.74, 6) is 1.65. The molecule has 0 N–H and O–H groups in total. The van der Waals surface area contributed by atoms with Crippen LogP contribution in [0.2, 0.25) is 0 Å². The minimum atomic E-state index is 0.235. The number of rotatable bonds is 3. The Balaban J connectivity index is 1.74. The molecule has 0 unspecified atom stereocenters. The van der Waals surface area contributed by atoms with E-state index in [2.05, 4.69) is 9.97 Å². The van der Waals surface area contributed by atoms with Gasteiger partial charge in [0.25, 0.3) is 0 Å². The van der Waals surface area contributed by atoms with Gasteiger partial charge < -0.3 is 4.74 Å². The van der Waals surface area contributed by atoms with Crippen LogP contribution >= 0.6 is 0 Å². The van der Waals surface area contributed by atoms with Crippen LogP contribution < -0.4 is 4.74 Å². The molecule has 19 heavy (non-hydrogen) atoms. The van der Waals surface area contributed by atoms with E-state index in [1.807, 2.05) is 18.2 Å². The van der Waals surface area contributed by atoms with Crippen LogP contribution in [0.25, 0.3) is 0 Å². The molecule has 1 heterocycles. The second-order valence-corrected chi connectivity index (χ2v) is 4.55. The molecule has 0 amide bonds. The van der Waals surface area contributed by atoms with Gasteiger partial charge in [0.05, 0.1) is 0 Å². The van der Waals surface area contributed by atoms with Gasteiger partial charge in [-0.05, 0) is 42.7 Å². The Morgan fingerprint density at radius 2 is 2.00 bits per heavy atom. The van der Waals surface area contributed by atoms with E-state index in [1.165, 1.54) is 0 Å². The largest absolute Gasteiger partial charge is 0.486 e. The number of hydrogen-bond acceptors (Lipinski definition) is 4. The maximum atomic E-state index is 11.7. The fourth-order valence-electron chi connectivity index (χ4n) is 2.27. The molecule has 0 saturated carbocycles. The number of Topliss-reactive ketones (excluding diaryl/α,β-unsaturated/α-hetero) is 1. The highest BCUT2D eigenvalue weighted by Gasteiger charge is 2.17. The number of ketones is 1. The first-order chi connectivity index (χ1) is 9.33. The summed E-state index contributed by atoms with van der Waals surface area (Å²) < 4.78 is 5.66. The van der Waals surface area contributed by atoms with Gasteiger partial charge in [-0.15, -0.1) is 0 Å². The van der Waals surface area contributed by atoms with Crippen molar-refractivity contribution in [3.8, 4) is 5.75 Å². The molecule has 4 nitrogen and oxygen atoms in total. The summed E-state index contributed by atoms with van der Waals surface area (Å²) in [5.41, 5.74) is 1.93. The molecule has 1 aliphatic carbocycles. The van der Waals surface area contributed by atoms with Gasteiger partial charge in [0.1, 0.15) is 12.4 Å². The van der Waals surface area contributed by atoms with Gasteiger partial charge >= 0.3 is 0 Å². The van der Waals surface area contributed by atoms with Crippen LogP contribution in [-0.4, -0.2) is 15.8 Å². The van der Waals surface area contributed by atoms with E-state index in [0.29, 0.717) is 18.9 Å². The number of carbonyl (C=O) groups excluding carboxylic acids is 1. The lowest BCUT2D eigenvalue weighted by Gasteiger charge is -2.15. The van der Waals surface area contributed by atoms with E-state index in [0.717, 1.165) is 29.7 Å². The summed E-state index contributed by atoms with van der Waals surface area (Å²) in [6.07, 6.45) is 5.91. The Labute approximate surface area is 111 Å². The molecule has 1 aliphatic rings. The number of aryl methyl sites for hydroxylation is 1. The maximum Gasteiger partial charge on any atom is 0.166 e. The van der Waals surface area contributed by atoms with E-state index < -0.39 is 0 Å². The summed E-state index contributed by atoms with van der Waals surface area (Å²) in [4.78, 5) is 19.9. The second kappa shape index (κ2) is 5.18. The van der Waals surface area contributed by atoms with Crippen LogP contribution in [-0.2, 0) is 13.0 Å². The van der Waals surface area contributed by atoms with Crippen molar-refractivity contribution in [3.63, 3.8) is 0 Å². The number of benzene rings is 1. The highest BCUT2D eigenvalue weighted by Crippen LogP contribution is 2.25. The van der Waals surface area contributed by atoms with Crippen molar-refractivity contribution < 1.29 is 9.53 Å². The summed E-state index contributed by atoms with van der Waals surface area (Å²) >= 11 is 0. The van der Waals surface area contributed by atoms with E-state index >= 15 is 0 Å². The number of fused-ring (bicyclic) bond motifs is 1. The van der Waals surface area contributed by atoms with Gasteiger partial charge in [-0.2, -0.15) is 0 Å². The minimum absolute atomic E-state index is 0.235. The van der Waals surface area contributed by atoms with Crippen LogP contribution in [0.1, 0.15) is 34.6 Å². The van der Waals surface area contributed by atoms with Gasteiger partial charge in [0.2, 0.25) is 0 Å². The van der Waals surface area contributed by atoms with Gasteiger partial charge in [-0.3, -0.25) is 4.79 Å². The fourth-order valence-corrected chi connectivity index (χ4v) is 2.27. The smallest absolute Gasteiger partial charge is 0.166 e. The predicted octanol–water partition coefficient (Wildman–Crippen LogP) is 2.57. The van der Waals surface area contributed by atoms with Gasteiger partial charge in [-0.25, -0.2) is 9.97 Å². The summed E-state index contributed by atoms with van der Waals surface area (Å²) in [6.45, 7) is 0.341. The molecule has 0 radical (unpaired) electrons. The Bertz CT molecular complexity index is 596. The lowest BCUT2D eigenvalue weighted by atomic mass is 9.91. The van der Waals surface area contributed by atoms with Crippen molar-refractivity contribution in [3.05, 3.63) is 53.6 Å². The zero-order valence-electron chi connectivity index (χ0n) is 10.5. The van der Waals surface area contributed by atoms with Crippen LogP contribution in [0.3, 0.4) is 0 Å². The van der Waals surface area contributed by atoms with Crippen LogP contribution in [0.15, 0.2) is 36.7 Å². The van der Waals surface area contributed by atoms with Gasteiger partial charge in [0, 0.05) is 24.4 Å². The molecule has 4 heteroatoms. The van der Waals surface area contributed by atoms with Crippen molar-refractivity contribution in [1.82, 2.24) is 9.97 Å². The quantitative estimate of drug-likeness (QED) is 0.844. The monoisotopic (exact) mass is 254 g/mol. The molecule has 1 aromatic carbocycles. The van der Waals surface area contributed by atoms with Crippen LogP contribution in [0.4, 0.5) is 0 Å². The molecule has 0 spiro atoms. The zero-order valence-corrected chi connectivity index (χ0v) is 10.5. The standard InChI is InChI=1S/C15H14N2O2/c18-14-4-1-3-11-9-12(5-6-13(11)14)19-10-15-16-7-2-8-17-15/h2,5-9H,1,3-4,10H2. The maximum absolute atomic E-state index is 11.7. The lowest BCUT2D eigenvalue weighted by Crippen LogP contribution is -2.10. The molecular formula is C15H14N2O2. The molecule has 3 rings (SSSR count). The minimum Gasteiger partial charge on any atom is -0.486 e. The molecule has 1 aromatic heterocycles. The highest BCUT2D eigenvalue weighted by atomic mass is 16.5. The zero-order chi connectivity index (χ0) is 13.1. The Morgan fingerprint density at radius 3 is 2.84 bits per heavy atom. The molecule has 0 aliphatic heterocycles. The van der Waals surface area contributed by atoms with Crippen molar-refractivity contribution in [1.29, 1.82) is 0 Å². The lowest BCUT2D eigenvalue weighted by molar-refractivity contribution is 0.0972. The Hall–Kier alpha value is -2.23. The average molecular weight is 254 g/mol. The summed E-state index contributed by atoms with van der Waals surface area (Å²) in [5, 5.41) is 0. The van der Waals surface area contributed by atoms with E-state index in [4.69, 9.17) is 4.74 Å². The third kappa shape index (κ3) is 2.62. The SMILES string of the molecule is O=C1CCCc2cc(OCc3ncccn3)ccc21. The van der Waals surface area contributed by atoms with Crippen molar-refractivity contribution in [2.24, 2.45) is 0 Å². The number of hydrogen-bond donors (Lipinski definition) is 0. The number of nitrogens with zero attached hydrogens (tertiary/aromatic N) is 2. The van der Waals surface area contributed by atoms with E-state index in [9.17, 15) is 4.79 Å². The average Bonchev–Trinajstić information content (AvgIpc) is 2.46. The van der Waals surface area contributed by atoms with Crippen molar-refractivity contribution in [2.45, 2.75) is 25.9 Å². The Morgan fingerprint density at radius 1 is 1.16 bits per heavy atom. The molecule has 0 atom stereocenters. The molecule has 96 valence electrons. The van der Waals surface area contributed by atoms with Crippen molar-refractivity contribution >= 4 is 5.78 Å². The van der Waals surface area contributed by atoms with E-state index in [-0.39, 0.29) is 5.78 Å². The van der Waals surface area contributed by atoms with Crippen LogP contribution in [0.5, 0.6) is 5.75 Å². The van der Waals surface area contributed by atoms with Crippen molar-refractivity contribution in [2.75, 3.05) is 0 Å². The predicted molar refractivity (Wildman–Crippen MR) is 70.1 cm³/mol. The molecule has 0 saturated heterocycles. The van der Waals surface area contributed by atoms with Gasteiger partial charge in [-0.1, -0.05) is 0 Å². The van der Waals surface area contributed by atoms with Crippen LogP contribution in [0, 0.1) is 0 Å². The normalized spacial score (nSPS) is 14.0. The topological polar surface area (TPSA) is 52.1 Å². The fraction of sp³-hybridized carbons (Fsp3) is 0.267. The first kappa shape index (κ1) is 11.8. The molecule has 2 aromatic rings. The molecular weight excluding hydrogens is 240 g/mol. The first-order valence-corrected chi connectivity index (χ1v) is 6.38. The first-order valence-electron chi connectivity index (χ1n) is 6.38. The number of carbonyl (C=O) groups is 1. The summed E-state index contributed by atoms with van der Waals surface area (Å²) in [7, 11) is 0. The third-order valence-electron chi connectivity index (χ3n) is 3.21. The number of aromatic nitrogens is 2. The molecule has 0 fully saturated rings. The highest BCUT2D eigenvalue weighted by molar-refractivity contribution is 5.98. The summed E-state index contributed by atoms with van der Waals surface area (Å²) in [6, 6.07) is 7.42. The second-order valence-electron chi connectivity index (χ2n) is 4.55.